The monoisotopic (exact) mass is 335 g/mol. The standard InChI is InChI=1S/C13H18ClNO3S2/c1-20(17,18)11-4-2-3-10(8-11)19(16)13-7-9(15)5-6-12(13)14/h5-7,10-11H,2-4,8,15H2,1H3. The van der Waals surface area contributed by atoms with Crippen LogP contribution in [0.15, 0.2) is 23.1 Å². The maximum Gasteiger partial charge on any atom is 0.150 e. The Bertz CT molecular complexity index is 631. The van der Waals surface area contributed by atoms with E-state index in [0.29, 0.717) is 28.4 Å². The summed E-state index contributed by atoms with van der Waals surface area (Å²) < 4.78 is 36.0. The molecule has 0 aliphatic heterocycles. The quantitative estimate of drug-likeness (QED) is 0.860. The summed E-state index contributed by atoms with van der Waals surface area (Å²) in [4.78, 5) is 0.505. The Morgan fingerprint density at radius 1 is 1.35 bits per heavy atom. The van der Waals surface area contributed by atoms with E-state index < -0.39 is 25.9 Å². The smallest absolute Gasteiger partial charge is 0.150 e. The fourth-order valence-corrected chi connectivity index (χ4v) is 5.84. The lowest BCUT2D eigenvalue weighted by Crippen LogP contribution is -2.32. The molecule has 4 nitrogen and oxygen atoms in total. The van der Waals surface area contributed by atoms with E-state index in [-0.39, 0.29) is 5.25 Å². The van der Waals surface area contributed by atoms with E-state index >= 15 is 0 Å². The lowest BCUT2D eigenvalue weighted by Gasteiger charge is -2.27. The third kappa shape index (κ3) is 3.54. The Morgan fingerprint density at radius 3 is 2.70 bits per heavy atom. The van der Waals surface area contributed by atoms with Crippen LogP contribution in [0.2, 0.25) is 5.02 Å². The van der Waals surface area contributed by atoms with Crippen LogP contribution in [0.5, 0.6) is 0 Å². The highest BCUT2D eigenvalue weighted by Gasteiger charge is 2.32. The second kappa shape index (κ2) is 6.03. The van der Waals surface area contributed by atoms with E-state index in [1.807, 2.05) is 0 Å². The molecule has 20 heavy (non-hydrogen) atoms. The molecule has 1 aromatic carbocycles. The predicted octanol–water partition coefficient (Wildman–Crippen LogP) is 2.39. The Morgan fingerprint density at radius 2 is 2.05 bits per heavy atom. The highest BCUT2D eigenvalue weighted by Crippen LogP contribution is 2.32. The molecule has 0 bridgehead atoms. The number of nitrogens with two attached hydrogens (primary N) is 1. The van der Waals surface area contributed by atoms with Gasteiger partial charge < -0.3 is 5.73 Å². The maximum absolute atomic E-state index is 12.6. The van der Waals surface area contributed by atoms with Gasteiger partial charge in [0.2, 0.25) is 0 Å². The van der Waals surface area contributed by atoms with Crippen molar-refractivity contribution in [3.8, 4) is 0 Å². The molecule has 0 aromatic heterocycles. The molecule has 2 N–H and O–H groups in total. The van der Waals surface area contributed by atoms with Crippen LogP contribution < -0.4 is 5.73 Å². The van der Waals surface area contributed by atoms with Crippen molar-refractivity contribution in [1.29, 1.82) is 0 Å². The Balaban J connectivity index is 2.23. The van der Waals surface area contributed by atoms with E-state index in [2.05, 4.69) is 0 Å². The van der Waals surface area contributed by atoms with Crippen LogP contribution >= 0.6 is 11.6 Å². The number of hydrogen-bond acceptors (Lipinski definition) is 4. The third-order valence-corrected chi connectivity index (χ3v) is 7.54. The van der Waals surface area contributed by atoms with Crippen molar-refractivity contribution >= 4 is 37.9 Å². The third-order valence-electron chi connectivity index (χ3n) is 3.66. The van der Waals surface area contributed by atoms with Gasteiger partial charge in [0.15, 0.2) is 0 Å². The van der Waals surface area contributed by atoms with E-state index in [1.165, 1.54) is 6.26 Å². The van der Waals surface area contributed by atoms with Gasteiger partial charge in [0.25, 0.3) is 0 Å². The first-order valence-corrected chi connectivity index (χ1v) is 9.98. The molecule has 1 aliphatic rings. The summed E-state index contributed by atoms with van der Waals surface area (Å²) in [6, 6.07) is 4.90. The molecule has 1 aromatic rings. The predicted molar refractivity (Wildman–Crippen MR) is 83.2 cm³/mol. The van der Waals surface area contributed by atoms with Gasteiger partial charge in [-0.25, -0.2) is 8.42 Å². The second-order valence-electron chi connectivity index (χ2n) is 5.23. The molecule has 1 fully saturated rings. The van der Waals surface area contributed by atoms with Gasteiger partial charge in [-0.1, -0.05) is 18.0 Å². The largest absolute Gasteiger partial charge is 0.399 e. The molecular weight excluding hydrogens is 318 g/mol. The average molecular weight is 336 g/mol. The van der Waals surface area contributed by atoms with E-state index in [9.17, 15) is 12.6 Å². The summed E-state index contributed by atoms with van der Waals surface area (Å²) in [5.74, 6) is 0. The number of benzene rings is 1. The lowest BCUT2D eigenvalue weighted by molar-refractivity contribution is 0.487. The molecule has 3 unspecified atom stereocenters. The van der Waals surface area contributed by atoms with Crippen molar-refractivity contribution in [2.75, 3.05) is 12.0 Å². The van der Waals surface area contributed by atoms with Crippen molar-refractivity contribution in [3.63, 3.8) is 0 Å². The summed E-state index contributed by atoms with van der Waals surface area (Å²) >= 11 is 6.07. The van der Waals surface area contributed by atoms with Crippen LogP contribution in [0.25, 0.3) is 0 Å². The Hall–Kier alpha value is -0.590. The zero-order valence-electron chi connectivity index (χ0n) is 11.2. The van der Waals surface area contributed by atoms with Crippen molar-refractivity contribution in [2.45, 2.75) is 41.1 Å². The van der Waals surface area contributed by atoms with Gasteiger partial charge in [0.05, 0.1) is 26.0 Å². The first-order valence-electron chi connectivity index (χ1n) is 6.43. The fraction of sp³-hybridized carbons (Fsp3) is 0.538. The maximum atomic E-state index is 12.6. The van der Waals surface area contributed by atoms with Crippen LogP contribution in [-0.4, -0.2) is 29.4 Å². The van der Waals surface area contributed by atoms with Gasteiger partial charge in [-0.3, -0.25) is 4.21 Å². The molecule has 2 rings (SSSR count). The van der Waals surface area contributed by atoms with Gasteiger partial charge >= 0.3 is 0 Å². The molecule has 112 valence electrons. The minimum absolute atomic E-state index is 0.178. The van der Waals surface area contributed by atoms with Gasteiger partial charge in [-0.05, 0) is 37.5 Å². The Kier molecular flexibility index (Phi) is 4.76. The average Bonchev–Trinajstić information content (AvgIpc) is 2.40. The number of sulfone groups is 1. The van der Waals surface area contributed by atoms with Crippen LogP contribution in [-0.2, 0) is 20.6 Å². The number of anilines is 1. The zero-order chi connectivity index (χ0) is 14.9. The van der Waals surface area contributed by atoms with Gasteiger partial charge in [0.1, 0.15) is 9.84 Å². The van der Waals surface area contributed by atoms with E-state index in [0.717, 1.165) is 12.8 Å². The molecule has 7 heteroatoms. The summed E-state index contributed by atoms with van der Waals surface area (Å²) in [5.41, 5.74) is 6.21. The first-order chi connectivity index (χ1) is 9.29. The molecule has 1 aliphatic carbocycles. The van der Waals surface area contributed by atoms with Crippen LogP contribution in [0.3, 0.4) is 0 Å². The van der Waals surface area contributed by atoms with E-state index in [1.54, 1.807) is 18.2 Å². The summed E-state index contributed by atoms with van der Waals surface area (Å²) in [7, 11) is -4.41. The van der Waals surface area contributed by atoms with Crippen molar-refractivity contribution in [2.24, 2.45) is 0 Å². The molecule has 0 heterocycles. The number of hydrogen-bond donors (Lipinski definition) is 1. The van der Waals surface area contributed by atoms with Crippen LogP contribution in [0.1, 0.15) is 25.7 Å². The van der Waals surface area contributed by atoms with Crippen molar-refractivity contribution in [3.05, 3.63) is 23.2 Å². The summed E-state index contributed by atoms with van der Waals surface area (Å²) in [5, 5.41) is -0.160. The van der Waals surface area contributed by atoms with Crippen LogP contribution in [0.4, 0.5) is 5.69 Å². The number of halogens is 1. The zero-order valence-corrected chi connectivity index (χ0v) is 13.6. The summed E-state index contributed by atoms with van der Waals surface area (Å²) in [6.45, 7) is 0. The molecule has 0 spiro atoms. The molecule has 3 atom stereocenters. The first kappa shape index (κ1) is 15.8. The molecule has 0 saturated heterocycles. The topological polar surface area (TPSA) is 77.2 Å². The lowest BCUT2D eigenvalue weighted by atomic mass is 10.00. The molecule has 0 amide bonds. The minimum Gasteiger partial charge on any atom is -0.399 e. The van der Waals surface area contributed by atoms with Gasteiger partial charge in [0, 0.05) is 17.2 Å². The fourth-order valence-electron chi connectivity index (χ4n) is 2.54. The number of nitrogen functional groups attached to an aromatic ring is 1. The van der Waals surface area contributed by atoms with Crippen LogP contribution in [0, 0.1) is 0 Å². The minimum atomic E-state index is -3.08. The normalized spacial score (nSPS) is 25.3. The molecular formula is C13H18ClNO3S2. The second-order valence-corrected chi connectivity index (χ2v) is 9.66. The van der Waals surface area contributed by atoms with Gasteiger partial charge in [-0.2, -0.15) is 0 Å². The van der Waals surface area contributed by atoms with Gasteiger partial charge in [-0.15, -0.1) is 0 Å². The highest BCUT2D eigenvalue weighted by atomic mass is 35.5. The molecule has 1 saturated carbocycles. The van der Waals surface area contributed by atoms with E-state index in [4.69, 9.17) is 17.3 Å². The number of rotatable bonds is 3. The SMILES string of the molecule is CS(=O)(=O)C1CCCC(S(=O)c2cc(N)ccc2Cl)C1. The highest BCUT2D eigenvalue weighted by molar-refractivity contribution is 7.91. The molecule has 0 radical (unpaired) electrons. The van der Waals surface area contributed by atoms with Crippen molar-refractivity contribution in [1.82, 2.24) is 0 Å². The Labute approximate surface area is 127 Å². The van der Waals surface area contributed by atoms with Crippen molar-refractivity contribution < 1.29 is 12.6 Å². The summed E-state index contributed by atoms with van der Waals surface area (Å²) in [6.07, 6.45) is 3.85.